The van der Waals surface area contributed by atoms with Crippen molar-refractivity contribution in [2.75, 3.05) is 5.73 Å². The molecule has 1 aromatic carbocycles. The number of benzene rings is 1. The van der Waals surface area contributed by atoms with Crippen molar-refractivity contribution in [1.82, 2.24) is 9.97 Å². The number of hydrogen-bond donors (Lipinski definition) is 1. The Bertz CT molecular complexity index is 718. The number of hydrogen-bond acceptors (Lipinski definition) is 4. The first-order valence-electron chi connectivity index (χ1n) is 6.37. The Balaban J connectivity index is 2.27. The first kappa shape index (κ1) is 12.1. The summed E-state index contributed by atoms with van der Waals surface area (Å²) in [6.07, 6.45) is 3.49. The minimum atomic E-state index is 0.598. The van der Waals surface area contributed by atoms with Crippen molar-refractivity contribution in [1.29, 1.82) is 0 Å². The van der Waals surface area contributed by atoms with Gasteiger partial charge < -0.3 is 5.73 Å². The second-order valence-electron chi connectivity index (χ2n) is 4.48. The monoisotopic (exact) mass is 269 g/mol. The van der Waals surface area contributed by atoms with E-state index in [-0.39, 0.29) is 0 Å². The predicted octanol–water partition coefficient (Wildman–Crippen LogP) is 3.89. The van der Waals surface area contributed by atoms with Gasteiger partial charge in [-0.1, -0.05) is 31.5 Å². The van der Waals surface area contributed by atoms with Crippen LogP contribution in [0.15, 0.2) is 36.0 Å². The lowest BCUT2D eigenvalue weighted by atomic mass is 10.0. The third-order valence-corrected chi connectivity index (χ3v) is 4.18. The molecule has 0 amide bonds. The second-order valence-corrected chi connectivity index (χ2v) is 5.40. The summed E-state index contributed by atoms with van der Waals surface area (Å²) in [5.41, 5.74) is 9.21. The topological polar surface area (TPSA) is 51.8 Å². The highest BCUT2D eigenvalue weighted by atomic mass is 32.1. The van der Waals surface area contributed by atoms with Crippen LogP contribution >= 0.6 is 11.3 Å². The van der Waals surface area contributed by atoms with E-state index in [0.717, 1.165) is 29.7 Å². The van der Waals surface area contributed by atoms with E-state index in [4.69, 9.17) is 5.73 Å². The molecule has 0 aliphatic carbocycles. The molecule has 3 rings (SSSR count). The average Bonchev–Trinajstić information content (AvgIpc) is 2.89. The standard InChI is InChI=1S/C15H15N3S/c1-2-4-12-13(17-9-18-15(12)16)11-6-3-5-10-7-8-19-14(10)11/h3,5-9H,2,4H2,1H3,(H2,16,17,18). The number of aromatic nitrogens is 2. The minimum Gasteiger partial charge on any atom is -0.383 e. The lowest BCUT2D eigenvalue weighted by molar-refractivity contribution is 0.909. The maximum absolute atomic E-state index is 6.02. The molecule has 0 aliphatic heterocycles. The van der Waals surface area contributed by atoms with Gasteiger partial charge in [0.15, 0.2) is 0 Å². The number of thiophene rings is 1. The van der Waals surface area contributed by atoms with E-state index in [0.29, 0.717) is 5.82 Å². The summed E-state index contributed by atoms with van der Waals surface area (Å²) in [5, 5.41) is 3.36. The summed E-state index contributed by atoms with van der Waals surface area (Å²) < 4.78 is 1.26. The summed E-state index contributed by atoms with van der Waals surface area (Å²) >= 11 is 1.74. The SMILES string of the molecule is CCCc1c(N)ncnc1-c1cccc2ccsc12. The highest BCUT2D eigenvalue weighted by Gasteiger charge is 2.13. The first-order valence-corrected chi connectivity index (χ1v) is 7.25. The van der Waals surface area contributed by atoms with Gasteiger partial charge in [-0.25, -0.2) is 9.97 Å². The Morgan fingerprint density at radius 2 is 2.11 bits per heavy atom. The van der Waals surface area contributed by atoms with Crippen LogP contribution in [0.5, 0.6) is 0 Å². The molecule has 0 bridgehead atoms. The molecular formula is C15H15N3S. The zero-order chi connectivity index (χ0) is 13.2. The molecule has 2 heterocycles. The van der Waals surface area contributed by atoms with Crippen LogP contribution in [0.4, 0.5) is 5.82 Å². The van der Waals surface area contributed by atoms with Crippen molar-refractivity contribution in [3.05, 3.63) is 41.5 Å². The molecule has 0 atom stereocenters. The molecule has 0 fully saturated rings. The maximum atomic E-state index is 6.02. The molecule has 0 spiro atoms. The average molecular weight is 269 g/mol. The van der Waals surface area contributed by atoms with Crippen LogP contribution in [-0.2, 0) is 6.42 Å². The Hall–Kier alpha value is -1.94. The molecule has 2 N–H and O–H groups in total. The minimum absolute atomic E-state index is 0.598. The lowest BCUT2D eigenvalue weighted by Crippen LogP contribution is -2.02. The number of nitrogens with two attached hydrogens (primary N) is 1. The summed E-state index contributed by atoms with van der Waals surface area (Å²) in [6.45, 7) is 2.14. The molecule has 0 saturated heterocycles. The van der Waals surface area contributed by atoms with Crippen molar-refractivity contribution >= 4 is 27.2 Å². The summed E-state index contributed by atoms with van der Waals surface area (Å²) in [7, 11) is 0. The first-order chi connectivity index (χ1) is 9.31. The fourth-order valence-corrected chi connectivity index (χ4v) is 3.25. The van der Waals surface area contributed by atoms with Crippen LogP contribution in [0.2, 0.25) is 0 Å². The number of fused-ring (bicyclic) bond motifs is 1. The molecule has 3 aromatic rings. The summed E-state index contributed by atoms with van der Waals surface area (Å²) in [4.78, 5) is 8.60. The van der Waals surface area contributed by atoms with Gasteiger partial charge in [-0.15, -0.1) is 11.3 Å². The maximum Gasteiger partial charge on any atom is 0.130 e. The molecule has 0 aliphatic rings. The van der Waals surface area contributed by atoms with E-state index in [1.807, 2.05) is 0 Å². The number of anilines is 1. The van der Waals surface area contributed by atoms with Crippen molar-refractivity contribution in [3.63, 3.8) is 0 Å². The molecule has 4 heteroatoms. The smallest absolute Gasteiger partial charge is 0.130 e. The van der Waals surface area contributed by atoms with E-state index in [1.165, 1.54) is 10.1 Å². The van der Waals surface area contributed by atoms with Gasteiger partial charge >= 0.3 is 0 Å². The van der Waals surface area contributed by atoms with Crippen LogP contribution in [0.1, 0.15) is 18.9 Å². The normalized spacial score (nSPS) is 11.0. The molecule has 0 unspecified atom stereocenters. The van der Waals surface area contributed by atoms with Gasteiger partial charge in [-0.3, -0.25) is 0 Å². The van der Waals surface area contributed by atoms with Crippen molar-refractivity contribution in [3.8, 4) is 11.3 Å². The fraction of sp³-hybridized carbons (Fsp3) is 0.200. The second kappa shape index (κ2) is 4.97. The van der Waals surface area contributed by atoms with Gasteiger partial charge in [-0.2, -0.15) is 0 Å². The molecule has 2 aromatic heterocycles. The highest BCUT2D eigenvalue weighted by molar-refractivity contribution is 7.17. The van der Waals surface area contributed by atoms with E-state index in [9.17, 15) is 0 Å². The number of nitrogens with zero attached hydrogens (tertiary/aromatic N) is 2. The van der Waals surface area contributed by atoms with Crippen LogP contribution in [-0.4, -0.2) is 9.97 Å². The van der Waals surface area contributed by atoms with E-state index in [1.54, 1.807) is 17.7 Å². The predicted molar refractivity (Wildman–Crippen MR) is 81.3 cm³/mol. The van der Waals surface area contributed by atoms with Gasteiger partial charge in [0.05, 0.1) is 5.69 Å². The van der Waals surface area contributed by atoms with Gasteiger partial charge in [0.25, 0.3) is 0 Å². The molecule has 0 radical (unpaired) electrons. The van der Waals surface area contributed by atoms with Crippen LogP contribution in [0.25, 0.3) is 21.3 Å². The zero-order valence-corrected chi connectivity index (χ0v) is 11.6. The third kappa shape index (κ3) is 2.08. The fourth-order valence-electron chi connectivity index (χ4n) is 2.33. The van der Waals surface area contributed by atoms with Gasteiger partial charge in [0.1, 0.15) is 12.1 Å². The third-order valence-electron chi connectivity index (χ3n) is 3.21. The Labute approximate surface area is 116 Å². The molecule has 0 saturated carbocycles. The quantitative estimate of drug-likeness (QED) is 0.784. The van der Waals surface area contributed by atoms with Crippen LogP contribution in [0, 0.1) is 0 Å². The van der Waals surface area contributed by atoms with E-state index >= 15 is 0 Å². The Morgan fingerprint density at radius 3 is 2.95 bits per heavy atom. The molecular weight excluding hydrogens is 254 g/mol. The number of nitrogen functional groups attached to an aromatic ring is 1. The van der Waals surface area contributed by atoms with Crippen LogP contribution < -0.4 is 5.73 Å². The van der Waals surface area contributed by atoms with Gasteiger partial charge in [0, 0.05) is 15.8 Å². The molecule has 96 valence electrons. The van der Waals surface area contributed by atoms with Crippen LogP contribution in [0.3, 0.4) is 0 Å². The van der Waals surface area contributed by atoms with Crippen molar-refractivity contribution < 1.29 is 0 Å². The molecule has 19 heavy (non-hydrogen) atoms. The van der Waals surface area contributed by atoms with Gasteiger partial charge in [-0.05, 0) is 23.3 Å². The number of rotatable bonds is 3. The van der Waals surface area contributed by atoms with E-state index < -0.39 is 0 Å². The summed E-state index contributed by atoms with van der Waals surface area (Å²) in [6, 6.07) is 8.44. The van der Waals surface area contributed by atoms with E-state index in [2.05, 4.69) is 46.5 Å². The Kier molecular flexibility index (Phi) is 3.17. The van der Waals surface area contributed by atoms with Gasteiger partial charge in [0.2, 0.25) is 0 Å². The highest BCUT2D eigenvalue weighted by Crippen LogP contribution is 2.34. The largest absolute Gasteiger partial charge is 0.383 e. The van der Waals surface area contributed by atoms with Crippen molar-refractivity contribution in [2.24, 2.45) is 0 Å². The summed E-state index contributed by atoms with van der Waals surface area (Å²) in [5.74, 6) is 0.598. The zero-order valence-electron chi connectivity index (χ0n) is 10.8. The van der Waals surface area contributed by atoms with Crippen molar-refractivity contribution in [2.45, 2.75) is 19.8 Å². The Morgan fingerprint density at radius 1 is 1.21 bits per heavy atom. The lowest BCUT2D eigenvalue weighted by Gasteiger charge is -2.10. The molecule has 3 nitrogen and oxygen atoms in total.